The molecule has 1 amide bonds. The molecule has 0 unspecified atom stereocenters. The third kappa shape index (κ3) is 7.63. The summed E-state index contributed by atoms with van der Waals surface area (Å²) >= 11 is 0. The monoisotopic (exact) mass is 257 g/mol. The molecule has 2 N–H and O–H groups in total. The topological polar surface area (TPSA) is 53.6 Å². The molecule has 5 nitrogen and oxygen atoms in total. The molecule has 0 atom stereocenters. The van der Waals surface area contributed by atoms with Crippen molar-refractivity contribution in [2.45, 2.75) is 31.8 Å². The predicted molar refractivity (Wildman–Crippen MR) is 72.6 cm³/mol. The van der Waals surface area contributed by atoms with Gasteiger partial charge < -0.3 is 20.3 Å². The Hall–Kier alpha value is -0.650. The Morgan fingerprint density at radius 1 is 1.33 bits per heavy atom. The number of carbonyl (C=O) groups is 1. The summed E-state index contributed by atoms with van der Waals surface area (Å²) in [5.74, 6) is 0.0124. The smallest absolute Gasteiger partial charge is 0.246 e. The fourth-order valence-electron chi connectivity index (χ4n) is 1.99. The number of hydrogen-bond donors (Lipinski definition) is 2. The second kappa shape index (κ2) is 9.30. The lowest BCUT2D eigenvalue weighted by molar-refractivity contribution is -0.128. The van der Waals surface area contributed by atoms with Gasteiger partial charge in [0.25, 0.3) is 0 Å². The summed E-state index contributed by atoms with van der Waals surface area (Å²) in [6.07, 6.45) is 4.41. The van der Waals surface area contributed by atoms with Crippen LogP contribution in [0.3, 0.4) is 0 Å². The molecule has 1 fully saturated rings. The van der Waals surface area contributed by atoms with Gasteiger partial charge in [-0.2, -0.15) is 0 Å². The molecule has 0 bridgehead atoms. The molecule has 18 heavy (non-hydrogen) atoms. The molecule has 106 valence electrons. The Labute approximate surface area is 110 Å². The number of rotatable bonds is 8. The molecule has 5 heteroatoms. The van der Waals surface area contributed by atoms with Crippen LogP contribution in [0, 0.1) is 0 Å². The summed E-state index contributed by atoms with van der Waals surface area (Å²) in [5.41, 5.74) is 0. The molecule has 0 spiro atoms. The summed E-state index contributed by atoms with van der Waals surface area (Å²) in [6.45, 7) is 4.02. The van der Waals surface area contributed by atoms with E-state index in [1.54, 1.807) is 0 Å². The zero-order chi connectivity index (χ0) is 13.2. The van der Waals surface area contributed by atoms with Crippen molar-refractivity contribution < 1.29 is 9.53 Å². The largest absolute Gasteiger partial charge is 0.368 e. The first-order valence-electron chi connectivity index (χ1n) is 6.92. The maximum Gasteiger partial charge on any atom is 0.246 e. The molecule has 0 aromatic heterocycles. The highest BCUT2D eigenvalue weighted by molar-refractivity contribution is 5.77. The second-order valence-corrected chi connectivity index (χ2v) is 5.12. The number of hydrogen-bond acceptors (Lipinski definition) is 4. The Balaban J connectivity index is 1.93. The SMILES string of the molecule is CN(C)CCCCNC(=O)COC1CCNCC1. The minimum atomic E-state index is 0.0124. The van der Waals surface area contributed by atoms with Crippen LogP contribution in [0.5, 0.6) is 0 Å². The van der Waals surface area contributed by atoms with Crippen LogP contribution in [0.4, 0.5) is 0 Å². The first-order chi connectivity index (χ1) is 8.68. The quantitative estimate of drug-likeness (QED) is 0.611. The zero-order valence-electron chi connectivity index (χ0n) is 11.7. The van der Waals surface area contributed by atoms with Gasteiger partial charge in [0.15, 0.2) is 0 Å². The molecule has 0 aliphatic carbocycles. The molecule has 1 heterocycles. The molecule has 0 aromatic carbocycles. The van der Waals surface area contributed by atoms with E-state index in [-0.39, 0.29) is 18.6 Å². The minimum Gasteiger partial charge on any atom is -0.368 e. The number of nitrogens with one attached hydrogen (secondary N) is 2. The van der Waals surface area contributed by atoms with Gasteiger partial charge in [0.1, 0.15) is 6.61 Å². The van der Waals surface area contributed by atoms with Crippen molar-refractivity contribution in [1.82, 2.24) is 15.5 Å². The van der Waals surface area contributed by atoms with E-state index in [0.29, 0.717) is 0 Å². The van der Waals surface area contributed by atoms with Gasteiger partial charge in [-0.25, -0.2) is 0 Å². The standard InChI is InChI=1S/C13H27N3O2/c1-16(2)10-4-3-7-15-13(17)11-18-12-5-8-14-9-6-12/h12,14H,3-11H2,1-2H3,(H,15,17). The number of amides is 1. The van der Waals surface area contributed by atoms with E-state index < -0.39 is 0 Å². The van der Waals surface area contributed by atoms with Crippen molar-refractivity contribution in [2.75, 3.05) is 46.9 Å². The molecule has 0 radical (unpaired) electrons. The van der Waals surface area contributed by atoms with Gasteiger partial charge in [0.05, 0.1) is 6.10 Å². The summed E-state index contributed by atoms with van der Waals surface area (Å²) in [7, 11) is 4.12. The Kier molecular flexibility index (Phi) is 7.96. The van der Waals surface area contributed by atoms with Gasteiger partial charge in [0, 0.05) is 6.54 Å². The molecule has 1 rings (SSSR count). The van der Waals surface area contributed by atoms with E-state index in [1.807, 2.05) is 0 Å². The van der Waals surface area contributed by atoms with Crippen LogP contribution in [-0.4, -0.2) is 63.8 Å². The third-order valence-corrected chi connectivity index (χ3v) is 3.09. The molecule has 1 aliphatic heterocycles. The van der Waals surface area contributed by atoms with Crippen molar-refractivity contribution in [3.8, 4) is 0 Å². The van der Waals surface area contributed by atoms with Crippen LogP contribution in [0.15, 0.2) is 0 Å². The third-order valence-electron chi connectivity index (χ3n) is 3.09. The molecular weight excluding hydrogens is 230 g/mol. The van der Waals surface area contributed by atoms with E-state index in [4.69, 9.17) is 4.74 Å². The van der Waals surface area contributed by atoms with Crippen LogP contribution < -0.4 is 10.6 Å². The first kappa shape index (κ1) is 15.4. The molecular formula is C13H27N3O2. The van der Waals surface area contributed by atoms with Crippen LogP contribution in [0.25, 0.3) is 0 Å². The van der Waals surface area contributed by atoms with Crippen molar-refractivity contribution in [2.24, 2.45) is 0 Å². The number of unbranched alkanes of at least 4 members (excludes halogenated alkanes) is 1. The van der Waals surface area contributed by atoms with E-state index in [1.165, 1.54) is 0 Å². The van der Waals surface area contributed by atoms with Gasteiger partial charge in [0.2, 0.25) is 5.91 Å². The highest BCUT2D eigenvalue weighted by Crippen LogP contribution is 2.06. The lowest BCUT2D eigenvalue weighted by Crippen LogP contribution is -2.36. The number of ether oxygens (including phenoxy) is 1. The minimum absolute atomic E-state index is 0.0124. The van der Waals surface area contributed by atoms with Crippen molar-refractivity contribution in [1.29, 1.82) is 0 Å². The Morgan fingerprint density at radius 2 is 2.06 bits per heavy atom. The van der Waals surface area contributed by atoms with E-state index in [0.717, 1.165) is 51.9 Å². The summed E-state index contributed by atoms with van der Waals surface area (Å²) in [5, 5.41) is 6.17. The van der Waals surface area contributed by atoms with Crippen molar-refractivity contribution >= 4 is 5.91 Å². The average molecular weight is 257 g/mol. The summed E-state index contributed by atoms with van der Waals surface area (Å²) in [4.78, 5) is 13.7. The summed E-state index contributed by atoms with van der Waals surface area (Å²) in [6, 6.07) is 0. The highest BCUT2D eigenvalue weighted by atomic mass is 16.5. The van der Waals surface area contributed by atoms with Crippen LogP contribution >= 0.6 is 0 Å². The lowest BCUT2D eigenvalue weighted by Gasteiger charge is -2.22. The lowest BCUT2D eigenvalue weighted by atomic mass is 10.1. The maximum atomic E-state index is 11.5. The molecule has 0 saturated carbocycles. The normalized spacial score (nSPS) is 17.1. The molecule has 1 saturated heterocycles. The van der Waals surface area contributed by atoms with Crippen molar-refractivity contribution in [3.63, 3.8) is 0 Å². The Bertz CT molecular complexity index is 228. The van der Waals surface area contributed by atoms with E-state index in [9.17, 15) is 4.79 Å². The van der Waals surface area contributed by atoms with Gasteiger partial charge in [-0.05, 0) is 59.4 Å². The predicted octanol–water partition coefficient (Wildman–Crippen LogP) is 0.213. The van der Waals surface area contributed by atoms with Gasteiger partial charge in [-0.15, -0.1) is 0 Å². The maximum absolute atomic E-state index is 11.5. The first-order valence-corrected chi connectivity index (χ1v) is 6.92. The molecule has 0 aromatic rings. The van der Waals surface area contributed by atoms with Crippen molar-refractivity contribution in [3.05, 3.63) is 0 Å². The number of carbonyl (C=O) groups excluding carboxylic acids is 1. The fourth-order valence-corrected chi connectivity index (χ4v) is 1.99. The second-order valence-electron chi connectivity index (χ2n) is 5.12. The molecule has 1 aliphatic rings. The number of piperidine rings is 1. The van der Waals surface area contributed by atoms with E-state index in [2.05, 4.69) is 29.6 Å². The zero-order valence-corrected chi connectivity index (χ0v) is 11.7. The fraction of sp³-hybridized carbons (Fsp3) is 0.923. The van der Waals surface area contributed by atoms with E-state index >= 15 is 0 Å². The van der Waals surface area contributed by atoms with Crippen LogP contribution in [0.1, 0.15) is 25.7 Å². The van der Waals surface area contributed by atoms with Crippen LogP contribution in [0.2, 0.25) is 0 Å². The van der Waals surface area contributed by atoms with Gasteiger partial charge in [-0.3, -0.25) is 4.79 Å². The summed E-state index contributed by atoms with van der Waals surface area (Å²) < 4.78 is 5.58. The highest BCUT2D eigenvalue weighted by Gasteiger charge is 2.14. The number of nitrogens with zero attached hydrogens (tertiary/aromatic N) is 1. The van der Waals surface area contributed by atoms with Crippen LogP contribution in [-0.2, 0) is 9.53 Å². The van der Waals surface area contributed by atoms with Gasteiger partial charge in [-0.1, -0.05) is 0 Å². The van der Waals surface area contributed by atoms with Gasteiger partial charge >= 0.3 is 0 Å². The Morgan fingerprint density at radius 3 is 2.72 bits per heavy atom. The average Bonchev–Trinajstić information content (AvgIpc) is 2.37.